The number of amides is 3. The van der Waals surface area contributed by atoms with Crippen LogP contribution in [0.4, 0.5) is 10.5 Å². The second-order valence-electron chi connectivity index (χ2n) is 6.27. The second-order valence-corrected chi connectivity index (χ2v) is 6.67. The largest absolute Gasteiger partial charge is 0.479 e. The Hall–Kier alpha value is -2.32. The number of hydrogen-bond donors (Lipinski definition) is 4. The van der Waals surface area contributed by atoms with Gasteiger partial charge in [0.15, 0.2) is 5.60 Å². The first-order valence-electron chi connectivity index (χ1n) is 8.10. The van der Waals surface area contributed by atoms with Gasteiger partial charge < -0.3 is 25.7 Å². The summed E-state index contributed by atoms with van der Waals surface area (Å²) < 4.78 is 0. The van der Waals surface area contributed by atoms with E-state index in [1.54, 1.807) is 4.90 Å². The van der Waals surface area contributed by atoms with Crippen LogP contribution >= 0.6 is 11.6 Å². The lowest BCUT2D eigenvalue weighted by atomic mass is 10.1. The summed E-state index contributed by atoms with van der Waals surface area (Å²) in [5.74, 6) is -1.71. The molecule has 1 atom stereocenters. The highest BCUT2D eigenvalue weighted by molar-refractivity contribution is 6.34. The van der Waals surface area contributed by atoms with Gasteiger partial charge in [-0.25, -0.2) is 9.59 Å². The Morgan fingerprint density at radius 1 is 1.31 bits per heavy atom. The van der Waals surface area contributed by atoms with Gasteiger partial charge in [-0.1, -0.05) is 11.6 Å². The molecule has 0 radical (unpaired) electrons. The van der Waals surface area contributed by atoms with Gasteiger partial charge in [0, 0.05) is 18.3 Å². The van der Waals surface area contributed by atoms with Gasteiger partial charge in [-0.2, -0.15) is 0 Å². The van der Waals surface area contributed by atoms with E-state index in [9.17, 15) is 19.5 Å². The molecule has 0 aliphatic carbocycles. The molecule has 1 rings (SSSR count). The SMILES string of the molecule is CCN(C(=O)c1cc(NC(=O)NCC(C)(O)C(=O)O)ccc1Cl)C(C)C. The van der Waals surface area contributed by atoms with E-state index in [1.807, 2.05) is 20.8 Å². The molecule has 4 N–H and O–H groups in total. The van der Waals surface area contributed by atoms with E-state index >= 15 is 0 Å². The predicted molar refractivity (Wildman–Crippen MR) is 98.6 cm³/mol. The van der Waals surface area contributed by atoms with Crippen molar-refractivity contribution in [2.24, 2.45) is 0 Å². The van der Waals surface area contributed by atoms with Gasteiger partial charge in [0.25, 0.3) is 5.91 Å². The lowest BCUT2D eigenvalue weighted by Crippen LogP contribution is -2.47. The molecule has 26 heavy (non-hydrogen) atoms. The standard InChI is InChI=1S/C17H24ClN3O5/c1-5-21(10(2)3)14(22)12-8-11(6-7-13(12)18)20-16(25)19-9-17(4,26)15(23)24/h6-8,10,26H,5,9H2,1-4H3,(H,23,24)(H2,19,20,25). The zero-order valence-electron chi connectivity index (χ0n) is 15.2. The van der Waals surface area contributed by atoms with Gasteiger partial charge in [-0.15, -0.1) is 0 Å². The number of nitrogens with one attached hydrogen (secondary N) is 2. The molecule has 0 aliphatic rings. The van der Waals surface area contributed by atoms with Crippen LogP contribution in [0.1, 0.15) is 38.1 Å². The zero-order chi connectivity index (χ0) is 20.1. The summed E-state index contributed by atoms with van der Waals surface area (Å²) in [4.78, 5) is 37.0. The summed E-state index contributed by atoms with van der Waals surface area (Å²) in [5, 5.41) is 23.4. The Morgan fingerprint density at radius 2 is 1.92 bits per heavy atom. The van der Waals surface area contributed by atoms with Crippen LogP contribution in [0.2, 0.25) is 5.02 Å². The maximum Gasteiger partial charge on any atom is 0.337 e. The first kappa shape index (κ1) is 21.7. The molecule has 0 heterocycles. The molecule has 0 aromatic heterocycles. The van der Waals surface area contributed by atoms with Crippen LogP contribution in [0, 0.1) is 0 Å². The third-order valence-corrected chi connectivity index (χ3v) is 4.06. The zero-order valence-corrected chi connectivity index (χ0v) is 15.9. The normalized spacial score (nSPS) is 13.0. The van der Waals surface area contributed by atoms with E-state index in [0.717, 1.165) is 6.92 Å². The van der Waals surface area contributed by atoms with Gasteiger partial charge in [0.1, 0.15) is 0 Å². The fourth-order valence-corrected chi connectivity index (χ4v) is 2.37. The van der Waals surface area contributed by atoms with E-state index < -0.39 is 24.1 Å². The summed E-state index contributed by atoms with van der Waals surface area (Å²) in [6, 6.07) is 3.72. The van der Waals surface area contributed by atoms with Gasteiger partial charge in [0.05, 0.1) is 17.1 Å². The van der Waals surface area contributed by atoms with E-state index in [0.29, 0.717) is 12.2 Å². The van der Waals surface area contributed by atoms with E-state index in [2.05, 4.69) is 10.6 Å². The Morgan fingerprint density at radius 3 is 2.42 bits per heavy atom. The molecule has 0 saturated heterocycles. The van der Waals surface area contributed by atoms with Gasteiger partial charge in [-0.3, -0.25) is 4.79 Å². The van der Waals surface area contributed by atoms with Crippen LogP contribution in [0.15, 0.2) is 18.2 Å². The molecule has 1 unspecified atom stereocenters. The maximum atomic E-state index is 12.6. The van der Waals surface area contributed by atoms with Crippen LogP contribution in [-0.2, 0) is 4.79 Å². The monoisotopic (exact) mass is 385 g/mol. The number of hydrogen-bond acceptors (Lipinski definition) is 4. The molecule has 1 aromatic carbocycles. The average molecular weight is 386 g/mol. The highest BCUT2D eigenvalue weighted by Gasteiger charge is 2.30. The van der Waals surface area contributed by atoms with Crippen molar-refractivity contribution in [3.63, 3.8) is 0 Å². The van der Waals surface area contributed by atoms with Gasteiger partial charge >= 0.3 is 12.0 Å². The van der Waals surface area contributed by atoms with Crippen molar-refractivity contribution < 1.29 is 24.6 Å². The Labute approximate surface area is 157 Å². The molecule has 9 heteroatoms. The van der Waals surface area contributed by atoms with E-state index in [1.165, 1.54) is 18.2 Å². The number of carbonyl (C=O) groups excluding carboxylic acids is 2. The van der Waals surface area contributed by atoms with Crippen LogP contribution in [0.3, 0.4) is 0 Å². The summed E-state index contributed by atoms with van der Waals surface area (Å²) >= 11 is 6.12. The summed E-state index contributed by atoms with van der Waals surface area (Å²) in [6.45, 7) is 6.73. The number of aliphatic carboxylic acids is 1. The van der Waals surface area contributed by atoms with Crippen LogP contribution in [-0.4, -0.2) is 57.8 Å². The number of aliphatic hydroxyl groups is 1. The Bertz CT molecular complexity index is 691. The highest BCUT2D eigenvalue weighted by atomic mass is 35.5. The number of halogens is 1. The van der Waals surface area contributed by atoms with Crippen molar-refractivity contribution in [1.82, 2.24) is 10.2 Å². The molecule has 0 spiro atoms. The highest BCUT2D eigenvalue weighted by Crippen LogP contribution is 2.23. The van der Waals surface area contributed by atoms with Crippen LogP contribution in [0.25, 0.3) is 0 Å². The molecular weight excluding hydrogens is 362 g/mol. The number of rotatable bonds is 7. The van der Waals surface area contributed by atoms with Crippen molar-refractivity contribution in [3.8, 4) is 0 Å². The number of carboxylic acid groups (broad SMARTS) is 1. The number of urea groups is 1. The van der Waals surface area contributed by atoms with E-state index in [-0.39, 0.29) is 22.5 Å². The minimum Gasteiger partial charge on any atom is -0.479 e. The summed E-state index contributed by atoms with van der Waals surface area (Å²) in [6.07, 6.45) is 0. The molecular formula is C17H24ClN3O5. The first-order valence-corrected chi connectivity index (χ1v) is 8.48. The number of carbonyl (C=O) groups is 3. The number of benzene rings is 1. The third kappa shape index (κ3) is 5.60. The van der Waals surface area contributed by atoms with Crippen LogP contribution in [0.5, 0.6) is 0 Å². The molecule has 3 amide bonds. The first-order chi connectivity index (χ1) is 12.0. The molecule has 0 saturated carbocycles. The second kappa shape index (κ2) is 8.86. The quantitative estimate of drug-likeness (QED) is 0.573. The van der Waals surface area contributed by atoms with Gasteiger partial charge in [-0.05, 0) is 45.9 Å². The topological polar surface area (TPSA) is 119 Å². The molecule has 144 valence electrons. The summed E-state index contributed by atoms with van der Waals surface area (Å²) in [7, 11) is 0. The molecule has 1 aromatic rings. The molecule has 0 bridgehead atoms. The van der Waals surface area contributed by atoms with Crippen molar-refractivity contribution in [3.05, 3.63) is 28.8 Å². The third-order valence-electron chi connectivity index (χ3n) is 3.73. The minimum absolute atomic E-state index is 0.0123. The van der Waals surface area contributed by atoms with Crippen molar-refractivity contribution >= 4 is 35.2 Å². The van der Waals surface area contributed by atoms with Gasteiger partial charge in [0.2, 0.25) is 0 Å². The predicted octanol–water partition coefficient (Wildman–Crippen LogP) is 2.17. The Kier molecular flexibility index (Phi) is 7.41. The van der Waals surface area contributed by atoms with Crippen molar-refractivity contribution in [2.45, 2.75) is 39.3 Å². The smallest absolute Gasteiger partial charge is 0.337 e. The van der Waals surface area contributed by atoms with Crippen LogP contribution < -0.4 is 10.6 Å². The molecule has 8 nitrogen and oxygen atoms in total. The number of nitrogens with zero attached hydrogens (tertiary/aromatic N) is 1. The molecule has 0 aliphatic heterocycles. The molecule has 0 fully saturated rings. The number of carboxylic acids is 1. The summed E-state index contributed by atoms with van der Waals surface area (Å²) in [5.41, 5.74) is -1.53. The fourth-order valence-electron chi connectivity index (χ4n) is 2.17. The number of anilines is 1. The average Bonchev–Trinajstić information content (AvgIpc) is 2.54. The maximum absolute atomic E-state index is 12.6. The minimum atomic E-state index is -2.09. The Balaban J connectivity index is 2.88. The van der Waals surface area contributed by atoms with E-state index in [4.69, 9.17) is 16.7 Å². The lowest BCUT2D eigenvalue weighted by molar-refractivity contribution is -0.155. The lowest BCUT2D eigenvalue weighted by Gasteiger charge is -2.25. The fraction of sp³-hybridized carbons (Fsp3) is 0.471. The van der Waals surface area contributed by atoms with Crippen molar-refractivity contribution in [1.29, 1.82) is 0 Å². The van der Waals surface area contributed by atoms with Crippen molar-refractivity contribution in [2.75, 3.05) is 18.4 Å².